The zero-order valence-electron chi connectivity index (χ0n) is 15.1. The molecule has 0 aliphatic carbocycles. The van der Waals surface area contributed by atoms with Crippen molar-refractivity contribution in [3.63, 3.8) is 0 Å². The third-order valence-corrected chi connectivity index (χ3v) is 4.23. The number of amides is 1. The van der Waals surface area contributed by atoms with Gasteiger partial charge >= 0.3 is 12.1 Å². The fourth-order valence-corrected chi connectivity index (χ4v) is 2.81. The first-order chi connectivity index (χ1) is 13.2. The molecule has 150 valence electrons. The SMILES string of the molecule is COc1ccccc1CC(CNC(=O)Cc1ccccc1C(F)(F)F)C(=O)O. The smallest absolute Gasteiger partial charge is 0.416 e. The Morgan fingerprint density at radius 1 is 1.07 bits per heavy atom. The zero-order valence-corrected chi connectivity index (χ0v) is 15.1. The average molecular weight is 395 g/mol. The minimum Gasteiger partial charge on any atom is -0.496 e. The Morgan fingerprint density at radius 3 is 2.29 bits per heavy atom. The lowest BCUT2D eigenvalue weighted by Crippen LogP contribution is -2.35. The molecule has 0 aliphatic heterocycles. The van der Waals surface area contributed by atoms with E-state index >= 15 is 0 Å². The van der Waals surface area contributed by atoms with Gasteiger partial charge in [0.05, 0.1) is 25.0 Å². The Labute approximate surface area is 160 Å². The number of rotatable bonds is 8. The molecule has 0 aromatic heterocycles. The molecular weight excluding hydrogens is 375 g/mol. The Bertz CT molecular complexity index is 836. The largest absolute Gasteiger partial charge is 0.496 e. The number of ether oxygens (including phenoxy) is 1. The van der Waals surface area contributed by atoms with Gasteiger partial charge in [0.1, 0.15) is 5.75 Å². The summed E-state index contributed by atoms with van der Waals surface area (Å²) in [7, 11) is 1.47. The van der Waals surface area contributed by atoms with Crippen LogP contribution in [-0.4, -0.2) is 30.6 Å². The molecule has 2 N–H and O–H groups in total. The van der Waals surface area contributed by atoms with E-state index in [-0.39, 0.29) is 18.5 Å². The van der Waals surface area contributed by atoms with Crippen LogP contribution in [0.2, 0.25) is 0 Å². The third-order valence-electron chi connectivity index (χ3n) is 4.23. The highest BCUT2D eigenvalue weighted by Gasteiger charge is 2.33. The highest BCUT2D eigenvalue weighted by Crippen LogP contribution is 2.32. The Kier molecular flexibility index (Phi) is 7.03. The maximum absolute atomic E-state index is 13.0. The minimum absolute atomic E-state index is 0.110. The molecule has 28 heavy (non-hydrogen) atoms. The van der Waals surface area contributed by atoms with Gasteiger partial charge in [-0.2, -0.15) is 13.2 Å². The van der Waals surface area contributed by atoms with Crippen molar-refractivity contribution in [2.24, 2.45) is 5.92 Å². The minimum atomic E-state index is -4.57. The number of carbonyl (C=O) groups excluding carboxylic acids is 1. The van der Waals surface area contributed by atoms with Gasteiger partial charge in [0, 0.05) is 6.54 Å². The van der Waals surface area contributed by atoms with E-state index in [9.17, 15) is 27.9 Å². The van der Waals surface area contributed by atoms with Crippen molar-refractivity contribution in [2.45, 2.75) is 19.0 Å². The van der Waals surface area contributed by atoms with Crippen LogP contribution < -0.4 is 10.1 Å². The van der Waals surface area contributed by atoms with Crippen LogP contribution in [0, 0.1) is 5.92 Å². The average Bonchev–Trinajstić information content (AvgIpc) is 2.64. The highest BCUT2D eigenvalue weighted by molar-refractivity contribution is 5.80. The van der Waals surface area contributed by atoms with Crippen molar-refractivity contribution in [2.75, 3.05) is 13.7 Å². The number of carboxylic acids is 1. The molecule has 2 aromatic carbocycles. The molecule has 1 amide bonds. The quantitative estimate of drug-likeness (QED) is 0.719. The second-order valence-electron chi connectivity index (χ2n) is 6.19. The van der Waals surface area contributed by atoms with Crippen LogP contribution in [0.3, 0.4) is 0 Å². The second-order valence-corrected chi connectivity index (χ2v) is 6.19. The fourth-order valence-electron chi connectivity index (χ4n) is 2.81. The Balaban J connectivity index is 2.03. The predicted molar refractivity (Wildman–Crippen MR) is 96.0 cm³/mol. The number of carboxylic acid groups (broad SMARTS) is 1. The first-order valence-electron chi connectivity index (χ1n) is 8.49. The first-order valence-corrected chi connectivity index (χ1v) is 8.49. The molecule has 0 saturated heterocycles. The summed E-state index contributed by atoms with van der Waals surface area (Å²) in [6.07, 6.45) is -4.94. The summed E-state index contributed by atoms with van der Waals surface area (Å²) in [5.74, 6) is -2.22. The number of nitrogens with one attached hydrogen (secondary N) is 1. The first kappa shape index (κ1) is 21.3. The number of methoxy groups -OCH3 is 1. The van der Waals surface area contributed by atoms with Gasteiger partial charge < -0.3 is 15.2 Å². The summed E-state index contributed by atoms with van der Waals surface area (Å²) in [5, 5.41) is 11.8. The standard InChI is InChI=1S/C20H20F3NO4/c1-28-17-9-5-3-7-14(17)10-15(19(26)27)12-24-18(25)11-13-6-2-4-8-16(13)20(21,22)23/h2-9,15H,10-12H2,1H3,(H,24,25)(H,26,27). The second kappa shape index (κ2) is 9.25. The molecule has 0 heterocycles. The molecule has 0 aliphatic rings. The summed E-state index contributed by atoms with van der Waals surface area (Å²) < 4.78 is 44.2. The van der Waals surface area contributed by atoms with Crippen molar-refractivity contribution in [3.05, 3.63) is 65.2 Å². The summed E-state index contributed by atoms with van der Waals surface area (Å²) in [6, 6.07) is 11.7. The molecular formula is C20H20F3NO4. The molecule has 2 rings (SSSR count). The van der Waals surface area contributed by atoms with Gasteiger partial charge in [-0.05, 0) is 29.7 Å². The van der Waals surface area contributed by atoms with E-state index in [0.29, 0.717) is 11.3 Å². The van der Waals surface area contributed by atoms with E-state index in [2.05, 4.69) is 5.32 Å². The lowest BCUT2D eigenvalue weighted by molar-refractivity contribution is -0.141. The van der Waals surface area contributed by atoms with Gasteiger partial charge in [0.25, 0.3) is 0 Å². The Hall–Kier alpha value is -3.03. The van der Waals surface area contributed by atoms with E-state index in [1.807, 2.05) is 0 Å². The molecule has 2 aromatic rings. The van der Waals surface area contributed by atoms with Crippen molar-refractivity contribution < 1.29 is 32.6 Å². The van der Waals surface area contributed by atoms with Crippen LogP contribution in [0.15, 0.2) is 48.5 Å². The summed E-state index contributed by atoms with van der Waals surface area (Å²) in [5.41, 5.74) is -0.382. The maximum atomic E-state index is 13.0. The summed E-state index contributed by atoms with van der Waals surface area (Å²) in [6.45, 7) is -0.208. The Morgan fingerprint density at radius 2 is 1.68 bits per heavy atom. The van der Waals surface area contributed by atoms with Crippen LogP contribution >= 0.6 is 0 Å². The van der Waals surface area contributed by atoms with Gasteiger partial charge in [-0.25, -0.2) is 0 Å². The monoisotopic (exact) mass is 395 g/mol. The number of aliphatic carboxylic acids is 1. The summed E-state index contributed by atoms with van der Waals surface area (Å²) in [4.78, 5) is 23.6. The lowest BCUT2D eigenvalue weighted by Gasteiger charge is -2.16. The van der Waals surface area contributed by atoms with Gasteiger partial charge in [-0.15, -0.1) is 0 Å². The lowest BCUT2D eigenvalue weighted by atomic mass is 9.98. The molecule has 8 heteroatoms. The number of benzene rings is 2. The molecule has 0 spiro atoms. The van der Waals surface area contributed by atoms with Crippen LogP contribution in [0.25, 0.3) is 0 Å². The van der Waals surface area contributed by atoms with Crippen LogP contribution in [0.5, 0.6) is 5.75 Å². The molecule has 5 nitrogen and oxygen atoms in total. The van der Waals surface area contributed by atoms with E-state index in [4.69, 9.17) is 4.74 Å². The molecule has 0 radical (unpaired) electrons. The molecule has 1 unspecified atom stereocenters. The number of alkyl halides is 3. The van der Waals surface area contributed by atoms with Crippen LogP contribution in [-0.2, 0) is 28.6 Å². The van der Waals surface area contributed by atoms with Crippen LogP contribution in [0.1, 0.15) is 16.7 Å². The van der Waals surface area contributed by atoms with E-state index in [1.165, 1.54) is 25.3 Å². The number of hydrogen-bond acceptors (Lipinski definition) is 3. The number of para-hydroxylation sites is 1. The van der Waals surface area contributed by atoms with Gasteiger partial charge in [-0.1, -0.05) is 36.4 Å². The van der Waals surface area contributed by atoms with E-state index < -0.39 is 36.0 Å². The number of carbonyl (C=O) groups is 2. The van der Waals surface area contributed by atoms with Crippen LogP contribution in [0.4, 0.5) is 13.2 Å². The van der Waals surface area contributed by atoms with Crippen molar-refractivity contribution in [1.82, 2.24) is 5.32 Å². The van der Waals surface area contributed by atoms with Gasteiger partial charge in [-0.3, -0.25) is 9.59 Å². The van der Waals surface area contributed by atoms with Crippen molar-refractivity contribution >= 4 is 11.9 Å². The third kappa shape index (κ3) is 5.73. The molecule has 0 bridgehead atoms. The fraction of sp³-hybridized carbons (Fsp3) is 0.300. The van der Waals surface area contributed by atoms with E-state index in [0.717, 1.165) is 6.07 Å². The summed E-state index contributed by atoms with van der Waals surface area (Å²) >= 11 is 0. The highest BCUT2D eigenvalue weighted by atomic mass is 19.4. The topological polar surface area (TPSA) is 75.6 Å². The normalized spacial score (nSPS) is 12.3. The van der Waals surface area contributed by atoms with Crippen molar-refractivity contribution in [1.29, 1.82) is 0 Å². The van der Waals surface area contributed by atoms with Gasteiger partial charge in [0.15, 0.2) is 0 Å². The van der Waals surface area contributed by atoms with E-state index in [1.54, 1.807) is 24.3 Å². The molecule has 0 fully saturated rings. The maximum Gasteiger partial charge on any atom is 0.416 e. The number of hydrogen-bond donors (Lipinski definition) is 2. The predicted octanol–water partition coefficient (Wildman–Crippen LogP) is 3.32. The van der Waals surface area contributed by atoms with Crippen molar-refractivity contribution in [3.8, 4) is 5.75 Å². The van der Waals surface area contributed by atoms with Gasteiger partial charge in [0.2, 0.25) is 5.91 Å². The molecule has 1 atom stereocenters. The molecule has 0 saturated carbocycles. The zero-order chi connectivity index (χ0) is 20.7. The number of halogens is 3.